The van der Waals surface area contributed by atoms with Crippen molar-refractivity contribution in [3.8, 4) is 11.1 Å². The molecular formula is C22H22ClNO5S. The van der Waals surface area contributed by atoms with E-state index in [-0.39, 0.29) is 18.6 Å². The smallest absolute Gasteiger partial charge is 0.419 e. The highest BCUT2D eigenvalue weighted by atomic mass is 35.5. The molecule has 0 atom stereocenters. The molecule has 0 saturated carbocycles. The van der Waals surface area contributed by atoms with Crippen molar-refractivity contribution in [3.63, 3.8) is 0 Å². The first-order valence-corrected chi connectivity index (χ1v) is 10.6. The van der Waals surface area contributed by atoms with Gasteiger partial charge in [0, 0.05) is 28.6 Å². The minimum absolute atomic E-state index is 0.0407. The summed E-state index contributed by atoms with van der Waals surface area (Å²) in [7, 11) is 1.29. The van der Waals surface area contributed by atoms with Crippen molar-refractivity contribution >= 4 is 51.7 Å². The van der Waals surface area contributed by atoms with Crippen molar-refractivity contribution < 1.29 is 23.9 Å². The van der Waals surface area contributed by atoms with E-state index in [1.165, 1.54) is 23.0 Å². The average Bonchev–Trinajstić information content (AvgIpc) is 3.28. The highest BCUT2D eigenvalue weighted by molar-refractivity contribution is 7.12. The van der Waals surface area contributed by atoms with Crippen LogP contribution in [0, 0.1) is 0 Å². The van der Waals surface area contributed by atoms with Gasteiger partial charge in [-0.2, -0.15) is 0 Å². The number of halogens is 1. The molecule has 158 valence electrons. The minimum atomic E-state index is -0.645. The summed E-state index contributed by atoms with van der Waals surface area (Å²) in [5.74, 6) is -0.548. The van der Waals surface area contributed by atoms with E-state index in [2.05, 4.69) is 4.74 Å². The Labute approximate surface area is 183 Å². The van der Waals surface area contributed by atoms with Crippen LogP contribution in [0.4, 0.5) is 4.79 Å². The second-order valence-corrected chi connectivity index (χ2v) is 9.10. The molecule has 0 radical (unpaired) electrons. The number of Topliss-reactive ketones (excluding diaryl/α,β-unsaturated/α-hetero) is 1. The molecule has 8 heteroatoms. The zero-order valence-corrected chi connectivity index (χ0v) is 18.7. The number of ketones is 1. The predicted octanol–water partition coefficient (Wildman–Crippen LogP) is 5.94. The average molecular weight is 448 g/mol. The van der Waals surface area contributed by atoms with E-state index in [1.54, 1.807) is 45.2 Å². The van der Waals surface area contributed by atoms with Gasteiger partial charge in [0.15, 0.2) is 5.78 Å². The molecule has 3 rings (SSSR count). The molecule has 0 aliphatic carbocycles. The van der Waals surface area contributed by atoms with Crippen LogP contribution in [0.15, 0.2) is 35.8 Å². The minimum Gasteiger partial charge on any atom is -0.469 e. The third-order valence-electron chi connectivity index (χ3n) is 4.33. The number of hydrogen-bond donors (Lipinski definition) is 0. The number of benzene rings is 1. The standard InChI is InChI=1S/C22H22ClNO5S/c1-22(2,3)29-21(27)24-11-16(15-6-5-14(23)10-17(15)24)13-9-19(30-12-13)18(25)7-8-20(26)28-4/h5-6,9-12H,7-8H2,1-4H3. The number of carbonyl (C=O) groups is 3. The fraction of sp³-hybridized carbons (Fsp3) is 0.318. The molecule has 3 aromatic rings. The fourth-order valence-electron chi connectivity index (χ4n) is 2.96. The maximum Gasteiger partial charge on any atom is 0.419 e. The number of rotatable bonds is 5. The molecule has 0 unspecified atom stereocenters. The molecule has 0 bridgehead atoms. The Morgan fingerprint density at radius 3 is 2.53 bits per heavy atom. The lowest BCUT2D eigenvalue weighted by Crippen LogP contribution is -2.26. The molecule has 2 heterocycles. The summed E-state index contributed by atoms with van der Waals surface area (Å²) in [4.78, 5) is 36.9. The Bertz CT molecular complexity index is 1120. The monoisotopic (exact) mass is 447 g/mol. The van der Waals surface area contributed by atoms with E-state index in [9.17, 15) is 14.4 Å². The number of nitrogens with zero attached hydrogens (tertiary/aromatic N) is 1. The SMILES string of the molecule is COC(=O)CCC(=O)c1cc(-c2cn(C(=O)OC(C)(C)C)c3cc(Cl)ccc23)cs1. The van der Waals surface area contributed by atoms with Gasteiger partial charge in [-0.1, -0.05) is 17.7 Å². The van der Waals surface area contributed by atoms with Crippen LogP contribution in [0.5, 0.6) is 0 Å². The van der Waals surface area contributed by atoms with Gasteiger partial charge in [0.05, 0.1) is 23.9 Å². The molecule has 0 fully saturated rings. The van der Waals surface area contributed by atoms with Crippen molar-refractivity contribution in [1.82, 2.24) is 4.57 Å². The summed E-state index contributed by atoms with van der Waals surface area (Å²) in [6.45, 7) is 5.40. The highest BCUT2D eigenvalue weighted by Crippen LogP contribution is 2.35. The Hall–Kier alpha value is -2.64. The molecule has 0 aliphatic heterocycles. The molecule has 30 heavy (non-hydrogen) atoms. The fourth-order valence-corrected chi connectivity index (χ4v) is 4.00. The summed E-state index contributed by atoms with van der Waals surface area (Å²) in [5, 5.41) is 3.17. The number of hydrogen-bond acceptors (Lipinski definition) is 6. The van der Waals surface area contributed by atoms with Gasteiger partial charge in [-0.05, 0) is 49.9 Å². The first kappa shape index (κ1) is 22.1. The van der Waals surface area contributed by atoms with E-state index in [0.717, 1.165) is 16.5 Å². The summed E-state index contributed by atoms with van der Waals surface area (Å²) in [6.07, 6.45) is 1.31. The van der Waals surface area contributed by atoms with Gasteiger partial charge in [-0.25, -0.2) is 4.79 Å². The third kappa shape index (κ3) is 4.91. The van der Waals surface area contributed by atoms with Gasteiger partial charge in [-0.3, -0.25) is 14.2 Å². The normalized spacial score (nSPS) is 11.5. The van der Waals surface area contributed by atoms with Crippen LogP contribution < -0.4 is 0 Å². The van der Waals surface area contributed by atoms with Crippen molar-refractivity contribution in [2.75, 3.05) is 7.11 Å². The number of methoxy groups -OCH3 is 1. The van der Waals surface area contributed by atoms with Gasteiger partial charge in [0.25, 0.3) is 0 Å². The first-order valence-electron chi connectivity index (χ1n) is 9.32. The molecule has 2 aromatic heterocycles. The quantitative estimate of drug-likeness (QED) is 0.357. The van der Waals surface area contributed by atoms with Crippen molar-refractivity contribution in [2.24, 2.45) is 0 Å². The van der Waals surface area contributed by atoms with E-state index in [0.29, 0.717) is 15.4 Å². The lowest BCUT2D eigenvalue weighted by molar-refractivity contribution is -0.140. The van der Waals surface area contributed by atoms with E-state index in [1.807, 2.05) is 11.4 Å². The summed E-state index contributed by atoms with van der Waals surface area (Å²) >= 11 is 7.45. The van der Waals surface area contributed by atoms with Crippen LogP contribution in [0.1, 0.15) is 43.3 Å². The molecule has 0 N–H and O–H groups in total. The molecular weight excluding hydrogens is 426 g/mol. The molecule has 0 amide bonds. The van der Waals surface area contributed by atoms with Crippen LogP contribution in [-0.4, -0.2) is 35.1 Å². The number of thiophene rings is 1. The second kappa shape index (κ2) is 8.62. The summed E-state index contributed by atoms with van der Waals surface area (Å²) in [6, 6.07) is 7.07. The van der Waals surface area contributed by atoms with Gasteiger partial charge in [0.1, 0.15) is 5.60 Å². The van der Waals surface area contributed by atoms with Crippen LogP contribution in [0.2, 0.25) is 5.02 Å². The van der Waals surface area contributed by atoms with Crippen molar-refractivity contribution in [2.45, 2.75) is 39.2 Å². The predicted molar refractivity (Wildman–Crippen MR) is 117 cm³/mol. The van der Waals surface area contributed by atoms with Crippen molar-refractivity contribution in [3.05, 3.63) is 45.7 Å². The first-order chi connectivity index (χ1) is 14.1. The maximum atomic E-state index is 12.7. The Balaban J connectivity index is 1.97. The van der Waals surface area contributed by atoms with E-state index >= 15 is 0 Å². The number of fused-ring (bicyclic) bond motifs is 1. The van der Waals surface area contributed by atoms with Gasteiger partial charge in [0.2, 0.25) is 0 Å². The topological polar surface area (TPSA) is 74.6 Å². The Kier molecular flexibility index (Phi) is 6.33. The van der Waals surface area contributed by atoms with Crippen LogP contribution in [-0.2, 0) is 14.3 Å². The van der Waals surface area contributed by atoms with Crippen LogP contribution in [0.25, 0.3) is 22.0 Å². The highest BCUT2D eigenvalue weighted by Gasteiger charge is 2.22. The van der Waals surface area contributed by atoms with Gasteiger partial charge < -0.3 is 9.47 Å². The van der Waals surface area contributed by atoms with E-state index < -0.39 is 17.7 Å². The summed E-state index contributed by atoms with van der Waals surface area (Å²) in [5.41, 5.74) is 1.57. The lowest BCUT2D eigenvalue weighted by Gasteiger charge is -2.19. The largest absolute Gasteiger partial charge is 0.469 e. The third-order valence-corrected chi connectivity index (χ3v) is 5.53. The number of carbonyl (C=O) groups excluding carboxylic acids is 3. The molecule has 0 aliphatic rings. The number of esters is 1. The maximum absolute atomic E-state index is 12.7. The second-order valence-electron chi connectivity index (χ2n) is 7.75. The summed E-state index contributed by atoms with van der Waals surface area (Å²) < 4.78 is 11.5. The zero-order valence-electron chi connectivity index (χ0n) is 17.2. The Morgan fingerprint density at radius 2 is 1.87 bits per heavy atom. The molecule has 6 nitrogen and oxygen atoms in total. The molecule has 1 aromatic carbocycles. The molecule has 0 spiro atoms. The Morgan fingerprint density at radius 1 is 1.13 bits per heavy atom. The van der Waals surface area contributed by atoms with Gasteiger partial charge in [-0.15, -0.1) is 11.3 Å². The zero-order chi connectivity index (χ0) is 22.1. The number of ether oxygens (including phenoxy) is 2. The lowest BCUT2D eigenvalue weighted by atomic mass is 10.1. The van der Waals surface area contributed by atoms with Crippen molar-refractivity contribution in [1.29, 1.82) is 0 Å². The number of aromatic nitrogens is 1. The molecule has 0 saturated heterocycles. The van der Waals surface area contributed by atoms with Gasteiger partial charge >= 0.3 is 12.1 Å². The van der Waals surface area contributed by atoms with Crippen LogP contribution in [0.3, 0.4) is 0 Å². The van der Waals surface area contributed by atoms with Crippen LogP contribution >= 0.6 is 22.9 Å². The van der Waals surface area contributed by atoms with E-state index in [4.69, 9.17) is 16.3 Å².